The molecule has 0 aliphatic heterocycles. The minimum Gasteiger partial charge on any atom is -0.349 e. The van der Waals surface area contributed by atoms with Gasteiger partial charge in [0, 0.05) is 26.7 Å². The van der Waals surface area contributed by atoms with E-state index in [9.17, 15) is 4.79 Å². The fraction of sp³-hybridized carbons (Fsp3) is 0.120. The SMILES string of the molecule is Cc1cccc(-n2c(SCc3ccc(Cl)cc3Cl)nc3c([nH]c4ccccc43)c2=O)c1C. The van der Waals surface area contributed by atoms with Crippen molar-refractivity contribution in [3.05, 3.63) is 97.8 Å². The van der Waals surface area contributed by atoms with Gasteiger partial charge in [-0.25, -0.2) is 4.98 Å². The monoisotopic (exact) mass is 479 g/mol. The van der Waals surface area contributed by atoms with Crippen molar-refractivity contribution in [2.75, 3.05) is 0 Å². The second kappa shape index (κ2) is 8.32. The zero-order valence-electron chi connectivity index (χ0n) is 17.4. The van der Waals surface area contributed by atoms with Crippen LogP contribution in [-0.2, 0) is 5.75 Å². The van der Waals surface area contributed by atoms with Crippen LogP contribution in [0.1, 0.15) is 16.7 Å². The predicted molar refractivity (Wildman–Crippen MR) is 135 cm³/mol. The molecule has 0 radical (unpaired) electrons. The summed E-state index contributed by atoms with van der Waals surface area (Å²) in [6.07, 6.45) is 0. The molecule has 32 heavy (non-hydrogen) atoms. The first kappa shape index (κ1) is 21.1. The van der Waals surface area contributed by atoms with Crippen LogP contribution in [0.3, 0.4) is 0 Å². The normalized spacial score (nSPS) is 11.5. The molecule has 5 aromatic rings. The van der Waals surface area contributed by atoms with E-state index in [4.69, 9.17) is 28.2 Å². The van der Waals surface area contributed by atoms with E-state index in [1.807, 2.05) is 68.4 Å². The average Bonchev–Trinajstić information content (AvgIpc) is 3.15. The maximum atomic E-state index is 13.7. The van der Waals surface area contributed by atoms with E-state index in [0.29, 0.717) is 32.0 Å². The molecule has 160 valence electrons. The maximum absolute atomic E-state index is 13.7. The predicted octanol–water partition coefficient (Wildman–Crippen LogP) is 7.08. The molecule has 1 N–H and O–H groups in total. The summed E-state index contributed by atoms with van der Waals surface area (Å²) in [5.74, 6) is 0.557. The fourth-order valence-electron chi connectivity index (χ4n) is 3.81. The number of fused-ring (bicyclic) bond motifs is 3. The molecule has 4 nitrogen and oxygen atoms in total. The van der Waals surface area contributed by atoms with Crippen LogP contribution in [0.2, 0.25) is 10.0 Å². The lowest BCUT2D eigenvalue weighted by Crippen LogP contribution is -2.22. The summed E-state index contributed by atoms with van der Waals surface area (Å²) >= 11 is 13.9. The molecule has 0 saturated heterocycles. The highest BCUT2D eigenvalue weighted by Crippen LogP contribution is 2.31. The van der Waals surface area contributed by atoms with Crippen molar-refractivity contribution < 1.29 is 0 Å². The summed E-state index contributed by atoms with van der Waals surface area (Å²) in [5.41, 5.74) is 5.86. The molecular weight excluding hydrogens is 461 g/mol. The molecule has 3 aromatic carbocycles. The molecule has 0 saturated carbocycles. The summed E-state index contributed by atoms with van der Waals surface area (Å²) < 4.78 is 1.70. The lowest BCUT2D eigenvalue weighted by Gasteiger charge is -2.16. The zero-order valence-corrected chi connectivity index (χ0v) is 19.8. The molecule has 0 spiro atoms. The van der Waals surface area contributed by atoms with Gasteiger partial charge in [-0.05, 0) is 54.8 Å². The first-order valence-corrected chi connectivity index (χ1v) is 11.8. The summed E-state index contributed by atoms with van der Waals surface area (Å²) in [6.45, 7) is 4.07. The number of benzene rings is 3. The third kappa shape index (κ3) is 3.60. The van der Waals surface area contributed by atoms with Gasteiger partial charge in [-0.1, -0.05) is 71.4 Å². The second-order valence-corrected chi connectivity index (χ2v) is 9.46. The highest BCUT2D eigenvalue weighted by molar-refractivity contribution is 7.98. The van der Waals surface area contributed by atoms with Crippen molar-refractivity contribution in [1.29, 1.82) is 0 Å². The second-order valence-electron chi connectivity index (χ2n) is 7.67. The standard InChI is InChI=1S/C25H19Cl2N3OS/c1-14-6-5-9-21(15(14)2)30-24(31)23-22(18-7-3-4-8-20(18)28-23)29-25(30)32-13-16-10-11-17(26)12-19(16)27/h3-12,28H,13H2,1-2H3. The minimum absolute atomic E-state index is 0.121. The highest BCUT2D eigenvalue weighted by atomic mass is 35.5. The Bertz CT molecular complexity index is 1550. The van der Waals surface area contributed by atoms with E-state index in [1.54, 1.807) is 10.6 Å². The van der Waals surface area contributed by atoms with Gasteiger partial charge in [0.25, 0.3) is 5.56 Å². The van der Waals surface area contributed by atoms with Crippen LogP contribution in [0.25, 0.3) is 27.6 Å². The molecule has 2 heterocycles. The summed E-state index contributed by atoms with van der Waals surface area (Å²) in [6, 6.07) is 19.2. The van der Waals surface area contributed by atoms with Gasteiger partial charge in [-0.3, -0.25) is 9.36 Å². The van der Waals surface area contributed by atoms with Crippen LogP contribution in [-0.4, -0.2) is 14.5 Å². The molecular formula is C25H19Cl2N3OS. The number of hydrogen-bond donors (Lipinski definition) is 1. The lowest BCUT2D eigenvalue weighted by molar-refractivity contribution is 0.812. The average molecular weight is 480 g/mol. The van der Waals surface area contributed by atoms with Crippen LogP contribution >= 0.6 is 35.0 Å². The number of hydrogen-bond acceptors (Lipinski definition) is 3. The van der Waals surface area contributed by atoms with E-state index < -0.39 is 0 Å². The summed E-state index contributed by atoms with van der Waals surface area (Å²) in [4.78, 5) is 22.0. The molecule has 0 aliphatic carbocycles. The molecule has 0 aliphatic rings. The van der Waals surface area contributed by atoms with Gasteiger partial charge in [0.2, 0.25) is 0 Å². The Morgan fingerprint density at radius 1 is 1.03 bits per heavy atom. The van der Waals surface area contributed by atoms with Crippen LogP contribution in [0.5, 0.6) is 0 Å². The van der Waals surface area contributed by atoms with Gasteiger partial charge in [0.15, 0.2) is 5.16 Å². The Labute approximate surface area is 199 Å². The zero-order chi connectivity index (χ0) is 22.4. The van der Waals surface area contributed by atoms with Gasteiger partial charge in [-0.2, -0.15) is 0 Å². The van der Waals surface area contributed by atoms with Gasteiger partial charge in [-0.15, -0.1) is 0 Å². The number of nitrogens with zero attached hydrogens (tertiary/aromatic N) is 2. The smallest absolute Gasteiger partial charge is 0.283 e. The summed E-state index contributed by atoms with van der Waals surface area (Å²) in [7, 11) is 0. The molecule has 5 rings (SSSR count). The first-order valence-electron chi connectivity index (χ1n) is 10.1. The van der Waals surface area contributed by atoms with Gasteiger partial charge < -0.3 is 4.98 Å². The molecule has 0 atom stereocenters. The number of nitrogens with one attached hydrogen (secondary N) is 1. The maximum Gasteiger partial charge on any atom is 0.283 e. The van der Waals surface area contributed by atoms with Crippen LogP contribution < -0.4 is 5.56 Å². The quantitative estimate of drug-likeness (QED) is 0.221. The van der Waals surface area contributed by atoms with E-state index >= 15 is 0 Å². The van der Waals surface area contributed by atoms with Crippen molar-refractivity contribution in [1.82, 2.24) is 14.5 Å². The summed E-state index contributed by atoms with van der Waals surface area (Å²) in [5, 5.41) is 2.74. The third-order valence-corrected chi connectivity index (χ3v) is 7.26. The van der Waals surface area contributed by atoms with Crippen molar-refractivity contribution in [3.63, 3.8) is 0 Å². The number of aromatic nitrogens is 3. The number of rotatable bonds is 4. The van der Waals surface area contributed by atoms with E-state index in [0.717, 1.165) is 33.3 Å². The van der Waals surface area contributed by atoms with E-state index in [1.165, 1.54) is 11.8 Å². The highest BCUT2D eigenvalue weighted by Gasteiger charge is 2.19. The van der Waals surface area contributed by atoms with Gasteiger partial charge in [0.05, 0.1) is 5.69 Å². The lowest BCUT2D eigenvalue weighted by atomic mass is 10.1. The van der Waals surface area contributed by atoms with Crippen molar-refractivity contribution >= 4 is 56.9 Å². The Morgan fingerprint density at radius 2 is 1.84 bits per heavy atom. The Balaban J connectivity index is 1.74. The first-order chi connectivity index (χ1) is 15.4. The van der Waals surface area contributed by atoms with Crippen molar-refractivity contribution in [2.45, 2.75) is 24.8 Å². The van der Waals surface area contributed by atoms with Crippen LogP contribution in [0, 0.1) is 13.8 Å². The Morgan fingerprint density at radius 3 is 2.66 bits per heavy atom. The molecule has 0 unspecified atom stereocenters. The number of H-pyrrole nitrogens is 1. The number of para-hydroxylation sites is 1. The Hall–Kier alpha value is -2.73. The third-order valence-electron chi connectivity index (χ3n) is 5.68. The molecule has 0 bridgehead atoms. The number of aryl methyl sites for hydroxylation is 1. The Kier molecular flexibility index (Phi) is 5.49. The minimum atomic E-state index is -0.121. The van der Waals surface area contributed by atoms with E-state index in [2.05, 4.69) is 4.98 Å². The number of aromatic amines is 1. The number of halogens is 2. The molecule has 7 heteroatoms. The molecule has 0 fully saturated rings. The number of thioether (sulfide) groups is 1. The van der Waals surface area contributed by atoms with E-state index in [-0.39, 0.29) is 5.56 Å². The van der Waals surface area contributed by atoms with Crippen LogP contribution in [0.4, 0.5) is 0 Å². The van der Waals surface area contributed by atoms with Gasteiger partial charge in [0.1, 0.15) is 11.0 Å². The molecule has 2 aromatic heterocycles. The van der Waals surface area contributed by atoms with Crippen molar-refractivity contribution in [3.8, 4) is 5.69 Å². The van der Waals surface area contributed by atoms with Gasteiger partial charge >= 0.3 is 0 Å². The molecule has 0 amide bonds. The fourth-order valence-corrected chi connectivity index (χ4v) is 5.37. The topological polar surface area (TPSA) is 50.7 Å². The largest absolute Gasteiger partial charge is 0.349 e. The van der Waals surface area contributed by atoms with Crippen molar-refractivity contribution in [2.24, 2.45) is 0 Å². The van der Waals surface area contributed by atoms with Crippen LogP contribution in [0.15, 0.2) is 70.6 Å².